The summed E-state index contributed by atoms with van der Waals surface area (Å²) in [6, 6.07) is 54.2. The zero-order valence-electron chi connectivity index (χ0n) is 34.9. The Bertz CT molecular complexity index is 3680. The maximum atomic E-state index is 16.5. The van der Waals surface area contributed by atoms with E-state index in [2.05, 4.69) is 41.0 Å². The van der Waals surface area contributed by atoms with Gasteiger partial charge >= 0.3 is 0 Å². The van der Waals surface area contributed by atoms with Crippen LogP contribution in [-0.2, 0) is 0 Å². The molecule has 2 heterocycles. The molecule has 0 aliphatic rings. The number of rotatable bonds is 8. The lowest BCUT2D eigenvalue weighted by atomic mass is 9.99. The van der Waals surface area contributed by atoms with E-state index in [0.717, 1.165) is 59.3 Å². The lowest BCUT2D eigenvalue weighted by Crippen LogP contribution is -2.17. The fourth-order valence-electron chi connectivity index (χ4n) is 8.84. The number of anilines is 3. The highest BCUT2D eigenvalue weighted by atomic mass is 32.1. The molecule has 68 heavy (non-hydrogen) atoms. The van der Waals surface area contributed by atoms with Crippen LogP contribution in [0.15, 0.2) is 176 Å². The quantitative estimate of drug-likeness (QED) is 0.0837. The molecule has 9 aromatic carbocycles. The van der Waals surface area contributed by atoms with Gasteiger partial charge in [-0.25, -0.2) is 39.5 Å². The van der Waals surface area contributed by atoms with Gasteiger partial charge in [0.25, 0.3) is 0 Å². The summed E-state index contributed by atoms with van der Waals surface area (Å²) in [6.45, 7) is 0. The summed E-state index contributed by atoms with van der Waals surface area (Å²) in [7, 11) is 0. The molecule has 2 nitrogen and oxygen atoms in total. The minimum Gasteiger partial charge on any atom is -0.309 e. The second-order valence-electron chi connectivity index (χ2n) is 16.0. The zero-order chi connectivity index (χ0) is 47.0. The number of hydrogen-bond acceptors (Lipinski definition) is 2. The number of para-hydroxylation sites is 1. The van der Waals surface area contributed by atoms with Crippen molar-refractivity contribution in [1.29, 1.82) is 0 Å². The van der Waals surface area contributed by atoms with Crippen LogP contribution in [0.4, 0.5) is 56.6 Å². The summed E-state index contributed by atoms with van der Waals surface area (Å²) < 4.78 is 141. The molecule has 0 spiro atoms. The van der Waals surface area contributed by atoms with Crippen LogP contribution >= 0.6 is 11.3 Å². The Morgan fingerprint density at radius 3 is 1.34 bits per heavy atom. The smallest absolute Gasteiger partial charge is 0.200 e. The second kappa shape index (κ2) is 16.7. The van der Waals surface area contributed by atoms with Gasteiger partial charge in [0.15, 0.2) is 46.5 Å². The van der Waals surface area contributed by atoms with Crippen molar-refractivity contribution in [3.63, 3.8) is 0 Å². The molecule has 0 aliphatic carbocycles. The average Bonchev–Trinajstić information content (AvgIpc) is 3.97. The summed E-state index contributed by atoms with van der Waals surface area (Å²) >= 11 is 1.70. The molecule has 11 aromatic rings. The number of thiophene rings is 1. The normalized spacial score (nSPS) is 11.6. The van der Waals surface area contributed by atoms with E-state index in [-0.39, 0.29) is 11.4 Å². The third-order valence-corrected chi connectivity index (χ3v) is 13.3. The SMILES string of the molecule is Fc1c(F)c(F)c(-c2c(F)c(F)c(N(c3ccc(-c4ccccc4)cc3)c3ccc(-c4ccc5c(c4)c4cc(-c6cc7ccccc7s6)ccc4n5-c4ccccc4)cc3)c(F)c2F)c(F)c1F. The van der Waals surface area contributed by atoms with E-state index >= 15 is 17.6 Å². The van der Waals surface area contributed by atoms with Crippen LogP contribution in [0.3, 0.4) is 0 Å². The Kier molecular flexibility index (Phi) is 10.4. The topological polar surface area (TPSA) is 8.17 Å². The Morgan fingerprint density at radius 2 is 0.779 bits per heavy atom. The van der Waals surface area contributed by atoms with Crippen LogP contribution in [0.1, 0.15) is 0 Å². The maximum absolute atomic E-state index is 16.5. The predicted octanol–water partition coefficient (Wildman–Crippen LogP) is 17.4. The van der Waals surface area contributed by atoms with Crippen molar-refractivity contribution in [2.75, 3.05) is 4.90 Å². The summed E-state index contributed by atoms with van der Waals surface area (Å²) in [6.07, 6.45) is 0. The van der Waals surface area contributed by atoms with Crippen LogP contribution in [0.2, 0.25) is 0 Å². The first kappa shape index (κ1) is 42.5. The van der Waals surface area contributed by atoms with E-state index in [9.17, 15) is 22.0 Å². The first-order valence-electron chi connectivity index (χ1n) is 21.0. The first-order chi connectivity index (χ1) is 33.0. The van der Waals surface area contributed by atoms with E-state index < -0.39 is 69.2 Å². The Labute approximate surface area is 385 Å². The molecular formula is C56H29F9N2S. The number of fused-ring (bicyclic) bond motifs is 4. The highest BCUT2D eigenvalue weighted by Crippen LogP contribution is 2.46. The van der Waals surface area contributed by atoms with Crippen LogP contribution < -0.4 is 4.90 Å². The van der Waals surface area contributed by atoms with Crippen LogP contribution in [0.5, 0.6) is 0 Å². The van der Waals surface area contributed by atoms with Gasteiger partial charge in [-0.05, 0) is 106 Å². The minimum atomic E-state index is -2.64. The highest BCUT2D eigenvalue weighted by molar-refractivity contribution is 7.22. The fourth-order valence-corrected chi connectivity index (χ4v) is 9.90. The van der Waals surface area contributed by atoms with Crippen molar-refractivity contribution in [3.8, 4) is 49.5 Å². The Balaban J connectivity index is 1.05. The van der Waals surface area contributed by atoms with Gasteiger partial charge < -0.3 is 9.47 Å². The largest absolute Gasteiger partial charge is 0.309 e. The number of hydrogen-bond donors (Lipinski definition) is 0. The number of aromatic nitrogens is 1. The summed E-state index contributed by atoms with van der Waals surface area (Å²) in [5.74, 6) is -22.2. The van der Waals surface area contributed by atoms with Gasteiger partial charge in [-0.1, -0.05) is 103 Å². The molecule has 0 saturated carbocycles. The first-order valence-corrected chi connectivity index (χ1v) is 21.9. The average molecular weight is 933 g/mol. The maximum Gasteiger partial charge on any atom is 0.200 e. The van der Waals surface area contributed by atoms with Gasteiger partial charge in [-0.15, -0.1) is 11.3 Å². The predicted molar refractivity (Wildman–Crippen MR) is 252 cm³/mol. The molecule has 0 saturated heterocycles. The van der Waals surface area contributed by atoms with E-state index in [0.29, 0.717) is 11.1 Å². The molecule has 2 aromatic heterocycles. The van der Waals surface area contributed by atoms with Gasteiger partial charge in [0.1, 0.15) is 5.69 Å². The van der Waals surface area contributed by atoms with Crippen molar-refractivity contribution in [2.45, 2.75) is 0 Å². The number of nitrogens with zero attached hydrogens (tertiary/aromatic N) is 2. The molecule has 11 rings (SSSR count). The standard InChI is InChI=1S/C56H29F9N2S/c57-47-45(48(58)52(62)53(63)51(47)61)46-49(59)54(64)56(55(65)50(46)60)66(37-21-15-31(16-22-37)30-9-3-1-4-10-30)38-23-17-32(18-24-38)33-19-25-41-39(27-33)40-28-35(44-29-34-11-7-8-14-43(34)68-44)20-26-42(40)67(41)36-12-5-2-6-13-36/h1-29H. The molecule has 0 amide bonds. The molecule has 0 unspecified atom stereocenters. The lowest BCUT2D eigenvalue weighted by molar-refractivity contribution is 0.379. The van der Waals surface area contributed by atoms with Gasteiger partial charge in [0.2, 0.25) is 5.82 Å². The van der Waals surface area contributed by atoms with E-state index in [4.69, 9.17) is 0 Å². The molecular weight excluding hydrogens is 904 g/mol. The number of benzene rings is 9. The molecule has 0 atom stereocenters. The van der Waals surface area contributed by atoms with Crippen molar-refractivity contribution in [1.82, 2.24) is 4.57 Å². The number of halogens is 9. The summed E-state index contributed by atoms with van der Waals surface area (Å²) in [4.78, 5) is 1.98. The molecule has 0 aliphatic heterocycles. The molecule has 332 valence electrons. The fraction of sp³-hybridized carbons (Fsp3) is 0. The highest BCUT2D eigenvalue weighted by Gasteiger charge is 2.36. The van der Waals surface area contributed by atoms with Crippen molar-refractivity contribution in [2.24, 2.45) is 0 Å². The van der Waals surface area contributed by atoms with Crippen molar-refractivity contribution in [3.05, 3.63) is 228 Å². The molecule has 0 N–H and O–H groups in total. The van der Waals surface area contributed by atoms with Crippen molar-refractivity contribution < 1.29 is 39.5 Å². The third kappa shape index (κ3) is 6.90. The summed E-state index contributed by atoms with van der Waals surface area (Å²) in [5, 5.41) is 3.08. The molecule has 0 radical (unpaired) electrons. The van der Waals surface area contributed by atoms with E-state index in [1.54, 1.807) is 35.6 Å². The van der Waals surface area contributed by atoms with E-state index in [1.807, 2.05) is 91.0 Å². The van der Waals surface area contributed by atoms with Gasteiger partial charge in [0.05, 0.1) is 22.2 Å². The van der Waals surface area contributed by atoms with Gasteiger partial charge in [-0.3, -0.25) is 0 Å². The van der Waals surface area contributed by atoms with Gasteiger partial charge in [0, 0.05) is 37.4 Å². The van der Waals surface area contributed by atoms with Crippen molar-refractivity contribution >= 4 is 60.3 Å². The Morgan fingerprint density at radius 1 is 0.353 bits per heavy atom. The molecule has 0 fully saturated rings. The molecule has 0 bridgehead atoms. The molecule has 12 heteroatoms. The van der Waals surface area contributed by atoms with E-state index in [1.165, 1.54) is 29.0 Å². The summed E-state index contributed by atoms with van der Waals surface area (Å²) in [5.41, 5.74) is 1.21. The zero-order valence-corrected chi connectivity index (χ0v) is 35.8. The Hall–Kier alpha value is -8.09. The van der Waals surface area contributed by atoms with Gasteiger partial charge in [-0.2, -0.15) is 0 Å². The minimum absolute atomic E-state index is 0.00240. The van der Waals surface area contributed by atoms with Crippen LogP contribution in [0, 0.1) is 52.4 Å². The second-order valence-corrected chi connectivity index (χ2v) is 17.1. The third-order valence-electron chi connectivity index (χ3n) is 12.1. The monoisotopic (exact) mass is 932 g/mol. The van der Waals surface area contributed by atoms with Crippen LogP contribution in [0.25, 0.3) is 81.4 Å². The van der Waals surface area contributed by atoms with Crippen LogP contribution in [-0.4, -0.2) is 4.57 Å². The lowest BCUT2D eigenvalue weighted by Gasteiger charge is -2.27.